The van der Waals surface area contributed by atoms with Gasteiger partial charge in [0.15, 0.2) is 0 Å². The molecule has 1 N–H and O–H groups in total. The molecule has 0 aromatic carbocycles. The van der Waals surface area contributed by atoms with Gasteiger partial charge in [0.1, 0.15) is 0 Å². The molecular formula is C14H21F3N2S. The summed E-state index contributed by atoms with van der Waals surface area (Å²) in [5.74, 6) is -1.21. The first-order valence-electron chi connectivity index (χ1n) is 7.05. The molecule has 0 radical (unpaired) electrons. The minimum Gasteiger partial charge on any atom is -0.306 e. The van der Waals surface area contributed by atoms with Crippen molar-refractivity contribution in [3.63, 3.8) is 0 Å². The van der Waals surface area contributed by atoms with Crippen LogP contribution in [0.5, 0.6) is 0 Å². The zero-order valence-electron chi connectivity index (χ0n) is 12.0. The van der Waals surface area contributed by atoms with Crippen molar-refractivity contribution < 1.29 is 13.2 Å². The van der Waals surface area contributed by atoms with Crippen LogP contribution in [0.2, 0.25) is 0 Å². The fraction of sp³-hybridized carbons (Fsp3) is 0.786. The second kappa shape index (κ2) is 6.02. The SMILES string of the molecule is Cc1nc(C)c(C(C)NC2CCCCC2C(F)(F)F)s1. The zero-order chi connectivity index (χ0) is 14.9. The van der Waals surface area contributed by atoms with Crippen LogP contribution in [0.3, 0.4) is 0 Å². The highest BCUT2D eigenvalue weighted by Gasteiger charge is 2.45. The van der Waals surface area contributed by atoms with Crippen molar-refractivity contribution in [3.05, 3.63) is 15.6 Å². The Labute approximate surface area is 121 Å². The molecule has 1 aromatic heterocycles. The fourth-order valence-electron chi connectivity index (χ4n) is 3.07. The maximum absolute atomic E-state index is 13.1. The molecule has 1 saturated carbocycles. The Morgan fingerprint density at radius 1 is 1.25 bits per heavy atom. The largest absolute Gasteiger partial charge is 0.393 e. The van der Waals surface area contributed by atoms with Crippen LogP contribution in [0.1, 0.15) is 54.2 Å². The number of alkyl halides is 3. The first-order chi connectivity index (χ1) is 9.29. The molecule has 2 nitrogen and oxygen atoms in total. The summed E-state index contributed by atoms with van der Waals surface area (Å²) in [5, 5.41) is 4.16. The van der Waals surface area contributed by atoms with Crippen LogP contribution in [0.4, 0.5) is 13.2 Å². The summed E-state index contributed by atoms with van der Waals surface area (Å²) in [6.45, 7) is 5.77. The Balaban J connectivity index is 2.09. The highest BCUT2D eigenvalue weighted by Crippen LogP contribution is 2.39. The molecule has 1 aliphatic rings. The Bertz CT molecular complexity index is 456. The predicted molar refractivity (Wildman–Crippen MR) is 74.9 cm³/mol. The summed E-state index contributed by atoms with van der Waals surface area (Å²) in [7, 11) is 0. The van der Waals surface area contributed by atoms with E-state index in [1.54, 1.807) is 11.3 Å². The van der Waals surface area contributed by atoms with E-state index in [9.17, 15) is 13.2 Å². The van der Waals surface area contributed by atoms with Gasteiger partial charge in [-0.2, -0.15) is 13.2 Å². The number of aromatic nitrogens is 1. The van der Waals surface area contributed by atoms with Crippen molar-refractivity contribution >= 4 is 11.3 Å². The minimum atomic E-state index is -4.10. The summed E-state index contributed by atoms with van der Waals surface area (Å²) in [6, 6.07) is -0.547. The molecule has 2 rings (SSSR count). The quantitative estimate of drug-likeness (QED) is 0.887. The molecule has 114 valence electrons. The average molecular weight is 306 g/mol. The van der Waals surface area contributed by atoms with E-state index in [-0.39, 0.29) is 12.5 Å². The van der Waals surface area contributed by atoms with Gasteiger partial charge in [-0.15, -0.1) is 11.3 Å². The summed E-state index contributed by atoms with van der Waals surface area (Å²) in [5.41, 5.74) is 0.923. The molecule has 1 aliphatic carbocycles. The molecule has 0 aliphatic heterocycles. The van der Waals surface area contributed by atoms with Crippen LogP contribution in [0.15, 0.2) is 0 Å². The number of thiazole rings is 1. The molecule has 1 heterocycles. The van der Waals surface area contributed by atoms with Gasteiger partial charge in [0.2, 0.25) is 0 Å². The molecule has 3 unspecified atom stereocenters. The van der Waals surface area contributed by atoms with Crippen molar-refractivity contribution in [2.24, 2.45) is 5.92 Å². The molecule has 1 fully saturated rings. The molecule has 20 heavy (non-hydrogen) atoms. The highest BCUT2D eigenvalue weighted by molar-refractivity contribution is 7.11. The van der Waals surface area contributed by atoms with E-state index in [1.165, 1.54) is 0 Å². The first kappa shape index (κ1) is 15.8. The zero-order valence-corrected chi connectivity index (χ0v) is 12.9. The van der Waals surface area contributed by atoms with Crippen molar-refractivity contribution in [3.8, 4) is 0 Å². The predicted octanol–water partition coefficient (Wildman–Crippen LogP) is 4.53. The third kappa shape index (κ3) is 3.52. The molecule has 0 bridgehead atoms. The minimum absolute atomic E-state index is 0.0749. The summed E-state index contributed by atoms with van der Waals surface area (Å²) in [4.78, 5) is 5.40. The van der Waals surface area contributed by atoms with E-state index in [0.29, 0.717) is 12.8 Å². The maximum atomic E-state index is 13.1. The van der Waals surface area contributed by atoms with Gasteiger partial charge in [-0.25, -0.2) is 4.98 Å². The van der Waals surface area contributed by atoms with Crippen molar-refractivity contribution in [2.75, 3.05) is 0 Å². The normalized spacial score (nSPS) is 25.7. The summed E-state index contributed by atoms with van der Waals surface area (Å²) < 4.78 is 39.2. The van der Waals surface area contributed by atoms with Gasteiger partial charge < -0.3 is 5.32 Å². The van der Waals surface area contributed by atoms with Crippen LogP contribution in [-0.2, 0) is 0 Å². The van der Waals surface area contributed by atoms with Crippen LogP contribution in [-0.4, -0.2) is 17.2 Å². The van der Waals surface area contributed by atoms with Gasteiger partial charge in [-0.05, 0) is 33.6 Å². The van der Waals surface area contributed by atoms with Crippen LogP contribution >= 0.6 is 11.3 Å². The molecule has 1 aromatic rings. The third-order valence-corrected chi connectivity index (χ3v) is 5.24. The molecule has 6 heteroatoms. The fourth-order valence-corrected chi connectivity index (χ4v) is 4.01. The van der Waals surface area contributed by atoms with Crippen molar-refractivity contribution in [2.45, 2.75) is 64.7 Å². The van der Waals surface area contributed by atoms with Gasteiger partial charge in [-0.1, -0.05) is 12.8 Å². The van der Waals surface area contributed by atoms with E-state index in [1.807, 2.05) is 20.8 Å². The number of hydrogen-bond acceptors (Lipinski definition) is 3. The van der Waals surface area contributed by atoms with Gasteiger partial charge in [0.25, 0.3) is 0 Å². The molecule has 0 saturated heterocycles. The lowest BCUT2D eigenvalue weighted by Crippen LogP contribution is -2.46. The number of aryl methyl sites for hydroxylation is 2. The third-order valence-electron chi connectivity index (χ3n) is 3.98. The number of nitrogens with zero attached hydrogens (tertiary/aromatic N) is 1. The molecular weight excluding hydrogens is 285 g/mol. The number of halogens is 3. The van der Waals surface area contributed by atoms with E-state index >= 15 is 0 Å². The smallest absolute Gasteiger partial charge is 0.306 e. The van der Waals surface area contributed by atoms with Gasteiger partial charge in [-0.3, -0.25) is 0 Å². The van der Waals surface area contributed by atoms with Gasteiger partial charge >= 0.3 is 6.18 Å². The van der Waals surface area contributed by atoms with Crippen molar-refractivity contribution in [1.29, 1.82) is 0 Å². The van der Waals surface area contributed by atoms with Crippen LogP contribution in [0.25, 0.3) is 0 Å². The first-order valence-corrected chi connectivity index (χ1v) is 7.87. The monoisotopic (exact) mass is 306 g/mol. The molecule has 0 spiro atoms. The van der Waals surface area contributed by atoms with Gasteiger partial charge in [0, 0.05) is 17.0 Å². The second-order valence-corrected chi connectivity index (χ2v) is 6.84. The second-order valence-electron chi connectivity index (χ2n) is 5.61. The lowest BCUT2D eigenvalue weighted by Gasteiger charge is -2.35. The Morgan fingerprint density at radius 2 is 1.90 bits per heavy atom. The maximum Gasteiger partial charge on any atom is 0.393 e. The Kier molecular flexibility index (Phi) is 4.74. The lowest BCUT2D eigenvalue weighted by atomic mass is 9.83. The van der Waals surface area contributed by atoms with E-state index in [4.69, 9.17) is 0 Å². The number of nitrogens with one attached hydrogen (secondary N) is 1. The molecule has 3 atom stereocenters. The van der Waals surface area contributed by atoms with Crippen LogP contribution < -0.4 is 5.32 Å². The van der Waals surface area contributed by atoms with E-state index in [0.717, 1.165) is 22.0 Å². The standard InChI is InChI=1S/C14H21F3N2S/c1-8-13(20-10(3)18-8)9(2)19-12-7-5-4-6-11(12)14(15,16)17/h9,11-12,19H,4-7H2,1-3H3. The van der Waals surface area contributed by atoms with Crippen molar-refractivity contribution in [1.82, 2.24) is 10.3 Å². The number of rotatable bonds is 3. The highest BCUT2D eigenvalue weighted by atomic mass is 32.1. The van der Waals surface area contributed by atoms with E-state index in [2.05, 4.69) is 10.3 Å². The molecule has 0 amide bonds. The van der Waals surface area contributed by atoms with Gasteiger partial charge in [0.05, 0.1) is 16.6 Å². The lowest BCUT2D eigenvalue weighted by molar-refractivity contribution is -0.189. The van der Waals surface area contributed by atoms with E-state index < -0.39 is 18.1 Å². The Morgan fingerprint density at radius 3 is 2.45 bits per heavy atom. The Hall–Kier alpha value is -0.620. The average Bonchev–Trinajstić information content (AvgIpc) is 2.68. The van der Waals surface area contributed by atoms with Crippen LogP contribution in [0, 0.1) is 19.8 Å². The topological polar surface area (TPSA) is 24.9 Å². The summed E-state index contributed by atoms with van der Waals surface area (Å²) in [6.07, 6.45) is -1.70. The summed E-state index contributed by atoms with van der Waals surface area (Å²) >= 11 is 1.56. The number of hydrogen-bond donors (Lipinski definition) is 1.